The highest BCUT2D eigenvalue weighted by Gasteiger charge is 1.97. The van der Waals surface area contributed by atoms with Crippen LogP contribution in [0, 0.1) is 0 Å². The molecule has 0 aliphatic carbocycles. The van der Waals surface area contributed by atoms with Crippen molar-refractivity contribution in [1.29, 1.82) is 0 Å². The van der Waals surface area contributed by atoms with Crippen LogP contribution < -0.4 is 4.74 Å². The van der Waals surface area contributed by atoms with Gasteiger partial charge in [0.1, 0.15) is 16.9 Å². The Morgan fingerprint density at radius 3 is 2.82 bits per heavy atom. The number of hydrogen-bond acceptors (Lipinski definition) is 3. The second-order valence-electron chi connectivity index (χ2n) is 2.21. The van der Waals surface area contributed by atoms with Gasteiger partial charge in [-0.25, -0.2) is 0 Å². The standard InChI is InChI=1S/C8H10O2S/c1-6(11)10-8-4-2-3-7(9)5-8/h2-6,9,11H,1H3. The van der Waals surface area contributed by atoms with E-state index in [4.69, 9.17) is 9.84 Å². The van der Waals surface area contributed by atoms with Gasteiger partial charge in [0.05, 0.1) is 0 Å². The summed E-state index contributed by atoms with van der Waals surface area (Å²) in [7, 11) is 0. The molecule has 0 aliphatic rings. The topological polar surface area (TPSA) is 29.5 Å². The molecule has 0 heterocycles. The Kier molecular flexibility index (Phi) is 2.65. The molecule has 1 aromatic rings. The van der Waals surface area contributed by atoms with Gasteiger partial charge in [-0.15, -0.1) is 12.6 Å². The molecule has 1 aromatic carbocycles. The van der Waals surface area contributed by atoms with Gasteiger partial charge < -0.3 is 9.84 Å². The van der Waals surface area contributed by atoms with Crippen molar-refractivity contribution < 1.29 is 9.84 Å². The fraction of sp³-hybridized carbons (Fsp3) is 0.250. The van der Waals surface area contributed by atoms with Gasteiger partial charge >= 0.3 is 0 Å². The van der Waals surface area contributed by atoms with Gasteiger partial charge in [0.2, 0.25) is 0 Å². The maximum Gasteiger partial charge on any atom is 0.138 e. The molecule has 0 aromatic heterocycles. The number of hydrogen-bond donors (Lipinski definition) is 2. The van der Waals surface area contributed by atoms with Gasteiger partial charge in [0.15, 0.2) is 0 Å². The Labute approximate surface area is 71.2 Å². The van der Waals surface area contributed by atoms with Crippen LogP contribution in [0.1, 0.15) is 6.92 Å². The SMILES string of the molecule is CC(S)Oc1cccc(O)c1. The van der Waals surface area contributed by atoms with Crippen molar-refractivity contribution in [1.82, 2.24) is 0 Å². The van der Waals surface area contributed by atoms with Crippen LogP contribution in [0.15, 0.2) is 24.3 Å². The molecule has 0 saturated heterocycles. The van der Waals surface area contributed by atoms with Crippen molar-refractivity contribution >= 4 is 12.6 Å². The van der Waals surface area contributed by atoms with Crippen LogP contribution >= 0.6 is 12.6 Å². The number of ether oxygens (including phenoxy) is 1. The van der Waals surface area contributed by atoms with E-state index < -0.39 is 0 Å². The quantitative estimate of drug-likeness (QED) is 0.525. The number of benzene rings is 1. The molecule has 0 amide bonds. The largest absolute Gasteiger partial charge is 0.508 e. The minimum atomic E-state index is -0.156. The lowest BCUT2D eigenvalue weighted by molar-refractivity contribution is 0.308. The van der Waals surface area contributed by atoms with Gasteiger partial charge in [-0.05, 0) is 19.1 Å². The van der Waals surface area contributed by atoms with Crippen LogP contribution in [-0.4, -0.2) is 10.5 Å². The lowest BCUT2D eigenvalue weighted by Crippen LogP contribution is -2.01. The van der Waals surface area contributed by atoms with Gasteiger partial charge in [0, 0.05) is 6.07 Å². The lowest BCUT2D eigenvalue weighted by Gasteiger charge is -2.07. The minimum absolute atomic E-state index is 0.156. The molecule has 11 heavy (non-hydrogen) atoms. The average molecular weight is 170 g/mol. The number of thiol groups is 1. The third kappa shape index (κ3) is 2.72. The van der Waals surface area contributed by atoms with Crippen molar-refractivity contribution in [2.45, 2.75) is 12.4 Å². The van der Waals surface area contributed by atoms with Crippen molar-refractivity contribution in [3.8, 4) is 11.5 Å². The Hall–Kier alpha value is -0.830. The highest BCUT2D eigenvalue weighted by Crippen LogP contribution is 2.19. The van der Waals surface area contributed by atoms with Crippen molar-refractivity contribution in [3.63, 3.8) is 0 Å². The van der Waals surface area contributed by atoms with Gasteiger partial charge in [-0.2, -0.15) is 0 Å². The first-order chi connectivity index (χ1) is 5.18. The van der Waals surface area contributed by atoms with Crippen LogP contribution in [0.5, 0.6) is 11.5 Å². The van der Waals surface area contributed by atoms with E-state index in [1.54, 1.807) is 24.3 Å². The molecule has 3 heteroatoms. The Morgan fingerprint density at radius 1 is 1.55 bits per heavy atom. The Morgan fingerprint density at radius 2 is 2.27 bits per heavy atom. The molecule has 0 fully saturated rings. The highest BCUT2D eigenvalue weighted by atomic mass is 32.1. The summed E-state index contributed by atoms with van der Waals surface area (Å²) in [6.45, 7) is 1.81. The molecule has 0 aliphatic heterocycles. The van der Waals surface area contributed by atoms with Crippen LogP contribution in [0.2, 0.25) is 0 Å². The maximum atomic E-state index is 9.02. The van der Waals surface area contributed by atoms with Crippen LogP contribution in [0.3, 0.4) is 0 Å². The first kappa shape index (κ1) is 8.27. The molecule has 0 saturated carbocycles. The summed E-state index contributed by atoms with van der Waals surface area (Å²) >= 11 is 4.04. The van der Waals surface area contributed by atoms with Gasteiger partial charge in [0.25, 0.3) is 0 Å². The molecule has 2 nitrogen and oxygen atoms in total. The number of phenolic OH excluding ortho intramolecular Hbond substituents is 1. The molecule has 0 radical (unpaired) electrons. The zero-order chi connectivity index (χ0) is 8.27. The minimum Gasteiger partial charge on any atom is -0.508 e. The summed E-state index contributed by atoms with van der Waals surface area (Å²) in [6.07, 6.45) is 0. The second-order valence-corrected chi connectivity index (χ2v) is 2.94. The summed E-state index contributed by atoms with van der Waals surface area (Å²) in [5, 5.41) is 9.02. The fourth-order valence-electron chi connectivity index (χ4n) is 0.754. The molecular weight excluding hydrogens is 160 g/mol. The molecule has 1 atom stereocenters. The molecule has 0 bridgehead atoms. The molecule has 60 valence electrons. The van der Waals surface area contributed by atoms with Crippen LogP contribution in [0.25, 0.3) is 0 Å². The highest BCUT2D eigenvalue weighted by molar-refractivity contribution is 7.80. The zero-order valence-electron chi connectivity index (χ0n) is 6.19. The third-order valence-corrected chi connectivity index (χ3v) is 1.23. The van der Waals surface area contributed by atoms with E-state index in [9.17, 15) is 0 Å². The molecule has 0 spiro atoms. The number of aromatic hydroxyl groups is 1. The molecule has 1 N–H and O–H groups in total. The first-order valence-corrected chi connectivity index (χ1v) is 3.84. The van der Waals surface area contributed by atoms with Crippen molar-refractivity contribution in [2.75, 3.05) is 0 Å². The summed E-state index contributed by atoms with van der Waals surface area (Å²) in [6, 6.07) is 6.63. The summed E-state index contributed by atoms with van der Waals surface area (Å²) in [4.78, 5) is 0. The van der Waals surface area contributed by atoms with Crippen molar-refractivity contribution in [3.05, 3.63) is 24.3 Å². The van der Waals surface area contributed by atoms with Crippen LogP contribution in [-0.2, 0) is 0 Å². The third-order valence-electron chi connectivity index (χ3n) is 1.12. The second kappa shape index (κ2) is 3.53. The summed E-state index contributed by atoms with van der Waals surface area (Å²) < 4.78 is 5.20. The number of rotatable bonds is 2. The first-order valence-electron chi connectivity index (χ1n) is 3.32. The predicted octanol–water partition coefficient (Wildman–Crippen LogP) is 2.05. The van der Waals surface area contributed by atoms with E-state index in [0.29, 0.717) is 5.75 Å². The van der Waals surface area contributed by atoms with E-state index in [1.807, 2.05) is 6.92 Å². The van der Waals surface area contributed by atoms with E-state index in [1.165, 1.54) is 0 Å². The predicted molar refractivity (Wildman–Crippen MR) is 47.2 cm³/mol. The maximum absolute atomic E-state index is 9.02. The molecular formula is C8H10O2S. The Balaban J connectivity index is 2.71. The van der Waals surface area contributed by atoms with Crippen molar-refractivity contribution in [2.24, 2.45) is 0 Å². The van der Waals surface area contributed by atoms with E-state index in [0.717, 1.165) is 0 Å². The van der Waals surface area contributed by atoms with E-state index in [-0.39, 0.29) is 11.2 Å². The van der Waals surface area contributed by atoms with Gasteiger partial charge in [-0.3, -0.25) is 0 Å². The summed E-state index contributed by atoms with van der Waals surface area (Å²) in [5.74, 6) is 0.837. The zero-order valence-corrected chi connectivity index (χ0v) is 7.08. The lowest BCUT2D eigenvalue weighted by atomic mass is 10.3. The normalized spacial score (nSPS) is 12.5. The average Bonchev–Trinajstić information content (AvgIpc) is 1.85. The smallest absolute Gasteiger partial charge is 0.138 e. The number of phenols is 1. The molecule has 1 unspecified atom stereocenters. The Bertz CT molecular complexity index is 235. The van der Waals surface area contributed by atoms with E-state index in [2.05, 4.69) is 12.6 Å². The van der Waals surface area contributed by atoms with Gasteiger partial charge in [-0.1, -0.05) is 6.07 Å². The monoisotopic (exact) mass is 170 g/mol. The van der Waals surface area contributed by atoms with Crippen LogP contribution in [0.4, 0.5) is 0 Å². The van der Waals surface area contributed by atoms with E-state index >= 15 is 0 Å². The fourth-order valence-corrected chi connectivity index (χ4v) is 0.875. The molecule has 1 rings (SSSR count). The summed E-state index contributed by atoms with van der Waals surface area (Å²) in [5.41, 5.74) is -0.156.